The number of hydrogen-bond donors (Lipinski definition) is 0. The topological polar surface area (TPSA) is 3.24 Å². The molecule has 0 saturated heterocycles. The van der Waals surface area contributed by atoms with E-state index in [4.69, 9.17) is 0 Å². The maximum absolute atomic E-state index is 3.94. The molecule has 0 N–H and O–H groups in total. The van der Waals surface area contributed by atoms with Gasteiger partial charge >= 0.3 is 0 Å². The lowest BCUT2D eigenvalue weighted by atomic mass is 10.1. The molecular weight excluding hydrogens is 254 g/mol. The Balaban J connectivity index is 2.62. The Morgan fingerprint density at radius 2 is 1.62 bits per heavy atom. The largest absolute Gasteiger partial charge is 0.310 e. The Kier molecular flexibility index (Phi) is 4.78. The number of benzene rings is 2. The van der Waals surface area contributed by atoms with Gasteiger partial charge in [0.25, 0.3) is 0 Å². The second-order valence-electron chi connectivity index (χ2n) is 4.99. The fraction of sp³-hybridized carbons (Fsp3) is 0.100. The highest BCUT2D eigenvalue weighted by atomic mass is 15.1. The summed E-state index contributed by atoms with van der Waals surface area (Å²) < 4.78 is 0. The van der Waals surface area contributed by atoms with E-state index in [-0.39, 0.29) is 0 Å². The molecule has 2 aromatic rings. The summed E-state index contributed by atoms with van der Waals surface area (Å²) >= 11 is 0. The average Bonchev–Trinajstić information content (AvgIpc) is 2.50. The summed E-state index contributed by atoms with van der Waals surface area (Å²) in [6.07, 6.45) is 5.61. The van der Waals surface area contributed by atoms with Crippen LogP contribution in [-0.2, 0) is 0 Å². The van der Waals surface area contributed by atoms with Crippen molar-refractivity contribution in [1.29, 1.82) is 0 Å². The SMILES string of the molecule is C=C/C=C(\C=C)N(c1ccc(C)cc1)c1ccccc1C. The molecule has 0 heterocycles. The fourth-order valence-corrected chi connectivity index (χ4v) is 2.29. The van der Waals surface area contributed by atoms with Gasteiger partial charge in [0.05, 0.1) is 0 Å². The van der Waals surface area contributed by atoms with Crippen molar-refractivity contribution in [1.82, 2.24) is 0 Å². The second-order valence-corrected chi connectivity index (χ2v) is 4.99. The van der Waals surface area contributed by atoms with Gasteiger partial charge in [0, 0.05) is 17.1 Å². The van der Waals surface area contributed by atoms with Crippen molar-refractivity contribution in [2.45, 2.75) is 13.8 Å². The van der Waals surface area contributed by atoms with Crippen LogP contribution in [0, 0.1) is 13.8 Å². The van der Waals surface area contributed by atoms with Gasteiger partial charge in [-0.05, 0) is 49.8 Å². The van der Waals surface area contributed by atoms with Crippen LogP contribution in [0.5, 0.6) is 0 Å². The Bertz CT molecular complexity index is 662. The van der Waals surface area contributed by atoms with Gasteiger partial charge in [-0.2, -0.15) is 0 Å². The van der Waals surface area contributed by atoms with Gasteiger partial charge < -0.3 is 4.90 Å². The highest BCUT2D eigenvalue weighted by molar-refractivity contribution is 5.72. The number of para-hydroxylation sites is 1. The average molecular weight is 275 g/mol. The first kappa shape index (κ1) is 14.9. The van der Waals surface area contributed by atoms with Crippen LogP contribution in [0.15, 0.2) is 85.6 Å². The normalized spacial score (nSPS) is 11.0. The number of aryl methyl sites for hydroxylation is 2. The van der Waals surface area contributed by atoms with Crippen LogP contribution in [0.4, 0.5) is 11.4 Å². The van der Waals surface area contributed by atoms with Crippen molar-refractivity contribution in [2.75, 3.05) is 4.90 Å². The summed E-state index contributed by atoms with van der Waals surface area (Å²) in [5, 5.41) is 0. The monoisotopic (exact) mass is 275 g/mol. The lowest BCUT2D eigenvalue weighted by Crippen LogP contribution is -2.16. The van der Waals surface area contributed by atoms with Crippen LogP contribution in [-0.4, -0.2) is 0 Å². The molecule has 1 heteroatoms. The Morgan fingerprint density at radius 3 is 2.19 bits per heavy atom. The third-order valence-corrected chi connectivity index (χ3v) is 3.40. The maximum atomic E-state index is 3.94. The molecule has 0 aliphatic rings. The molecule has 0 radical (unpaired) electrons. The first-order valence-corrected chi connectivity index (χ1v) is 7.05. The summed E-state index contributed by atoms with van der Waals surface area (Å²) in [7, 11) is 0. The van der Waals surface area contributed by atoms with E-state index in [0.717, 1.165) is 17.1 Å². The molecule has 0 atom stereocenters. The quantitative estimate of drug-likeness (QED) is 0.633. The Hall–Kier alpha value is -2.54. The van der Waals surface area contributed by atoms with Gasteiger partial charge in [0.2, 0.25) is 0 Å². The Labute approximate surface area is 127 Å². The van der Waals surface area contributed by atoms with Crippen molar-refractivity contribution in [3.63, 3.8) is 0 Å². The van der Waals surface area contributed by atoms with Crippen LogP contribution >= 0.6 is 0 Å². The van der Waals surface area contributed by atoms with E-state index in [1.165, 1.54) is 11.1 Å². The van der Waals surface area contributed by atoms with E-state index in [1.54, 1.807) is 6.08 Å². The van der Waals surface area contributed by atoms with Crippen LogP contribution in [0.2, 0.25) is 0 Å². The maximum Gasteiger partial charge on any atom is 0.0490 e. The fourth-order valence-electron chi connectivity index (χ4n) is 2.29. The highest BCUT2D eigenvalue weighted by Crippen LogP contribution is 2.32. The van der Waals surface area contributed by atoms with Gasteiger partial charge in [-0.3, -0.25) is 0 Å². The zero-order valence-electron chi connectivity index (χ0n) is 12.7. The third kappa shape index (κ3) is 3.32. The first-order chi connectivity index (χ1) is 10.2. The smallest absolute Gasteiger partial charge is 0.0490 e. The second kappa shape index (κ2) is 6.76. The van der Waals surface area contributed by atoms with Crippen LogP contribution in [0.1, 0.15) is 11.1 Å². The number of anilines is 2. The summed E-state index contributed by atoms with van der Waals surface area (Å²) in [6.45, 7) is 12.0. The molecule has 0 aromatic heterocycles. The molecule has 0 amide bonds. The molecule has 0 spiro atoms. The van der Waals surface area contributed by atoms with Gasteiger partial charge in [-0.1, -0.05) is 55.1 Å². The predicted molar refractivity (Wildman–Crippen MR) is 93.0 cm³/mol. The number of hydrogen-bond acceptors (Lipinski definition) is 1. The van der Waals surface area contributed by atoms with Crippen LogP contribution < -0.4 is 4.90 Å². The van der Waals surface area contributed by atoms with Crippen molar-refractivity contribution in [3.8, 4) is 0 Å². The lowest BCUT2D eigenvalue weighted by molar-refractivity contribution is 1.18. The summed E-state index contributed by atoms with van der Waals surface area (Å²) in [5.41, 5.74) is 5.73. The zero-order chi connectivity index (χ0) is 15.2. The highest BCUT2D eigenvalue weighted by Gasteiger charge is 2.13. The standard InChI is InChI=1S/C20H21N/c1-5-9-18(6-2)21(19-14-12-16(3)13-15-19)20-11-8-7-10-17(20)4/h5-15H,1-2H2,3-4H3/b18-9+. The predicted octanol–water partition coefficient (Wildman–Crippen LogP) is 5.70. The first-order valence-electron chi connectivity index (χ1n) is 7.05. The Morgan fingerprint density at radius 1 is 0.952 bits per heavy atom. The van der Waals surface area contributed by atoms with E-state index in [9.17, 15) is 0 Å². The molecule has 0 unspecified atom stereocenters. The molecule has 106 valence electrons. The zero-order valence-corrected chi connectivity index (χ0v) is 12.7. The van der Waals surface area contributed by atoms with Crippen molar-refractivity contribution in [3.05, 3.63) is 96.7 Å². The van der Waals surface area contributed by atoms with Gasteiger partial charge in [-0.25, -0.2) is 0 Å². The van der Waals surface area contributed by atoms with E-state index in [2.05, 4.69) is 80.4 Å². The van der Waals surface area contributed by atoms with E-state index in [0.29, 0.717) is 0 Å². The van der Waals surface area contributed by atoms with E-state index in [1.807, 2.05) is 12.2 Å². The van der Waals surface area contributed by atoms with E-state index >= 15 is 0 Å². The minimum absolute atomic E-state index is 1.00. The van der Waals surface area contributed by atoms with Gasteiger partial charge in [0.1, 0.15) is 0 Å². The summed E-state index contributed by atoms with van der Waals surface area (Å²) in [5.74, 6) is 0. The minimum Gasteiger partial charge on any atom is -0.310 e. The van der Waals surface area contributed by atoms with Gasteiger partial charge in [-0.15, -0.1) is 0 Å². The molecule has 0 fully saturated rings. The molecule has 21 heavy (non-hydrogen) atoms. The molecule has 2 rings (SSSR count). The number of allylic oxidation sites excluding steroid dienone is 3. The molecule has 0 saturated carbocycles. The van der Waals surface area contributed by atoms with Gasteiger partial charge in [0.15, 0.2) is 0 Å². The molecule has 2 aromatic carbocycles. The summed E-state index contributed by atoms with van der Waals surface area (Å²) in [4.78, 5) is 2.20. The number of nitrogens with zero attached hydrogens (tertiary/aromatic N) is 1. The third-order valence-electron chi connectivity index (χ3n) is 3.40. The van der Waals surface area contributed by atoms with E-state index < -0.39 is 0 Å². The minimum atomic E-state index is 1.00. The van der Waals surface area contributed by atoms with Crippen molar-refractivity contribution < 1.29 is 0 Å². The molecule has 1 nitrogen and oxygen atoms in total. The molecular formula is C20H21N. The molecule has 0 aliphatic carbocycles. The summed E-state index contributed by atoms with van der Waals surface area (Å²) in [6, 6.07) is 16.8. The van der Waals surface area contributed by atoms with Crippen molar-refractivity contribution in [2.24, 2.45) is 0 Å². The lowest BCUT2D eigenvalue weighted by Gasteiger charge is -2.27. The molecule has 0 bridgehead atoms. The van der Waals surface area contributed by atoms with Crippen LogP contribution in [0.3, 0.4) is 0 Å². The van der Waals surface area contributed by atoms with Crippen molar-refractivity contribution >= 4 is 11.4 Å². The number of rotatable bonds is 5. The molecule has 0 aliphatic heterocycles. The van der Waals surface area contributed by atoms with Crippen LogP contribution in [0.25, 0.3) is 0 Å².